The number of para-hydroxylation sites is 1. The van der Waals surface area contributed by atoms with Gasteiger partial charge in [-0.3, -0.25) is 0 Å². The van der Waals surface area contributed by atoms with Crippen LogP contribution < -0.4 is 62.0 Å². The molecule has 28 heavy (non-hydrogen) atoms. The summed E-state index contributed by atoms with van der Waals surface area (Å²) in [7, 11) is -0.521. The first-order chi connectivity index (χ1) is 13.2. The van der Waals surface area contributed by atoms with E-state index in [0.29, 0.717) is 0 Å². The fourth-order valence-electron chi connectivity index (χ4n) is 3.80. The summed E-state index contributed by atoms with van der Waals surface area (Å²) in [6, 6.07) is 28.4. The topological polar surface area (TPSA) is 14.1 Å². The van der Waals surface area contributed by atoms with Gasteiger partial charge in [-0.1, -0.05) is 95.3 Å². The molecule has 0 fully saturated rings. The standard InChI is InChI=1S/C25H25NP.K/c1-19-11-9-12-20(2)25(19)26-23-17-10-18-24(23)27(21-13-5-3-6-14-21)22-15-7-4-8-16-22;/h3-9,11-16H,10,17-18H2,1-2H3;/q-1;+1. The fourth-order valence-corrected chi connectivity index (χ4v) is 6.47. The number of benzene rings is 3. The summed E-state index contributed by atoms with van der Waals surface area (Å²) in [4.78, 5) is 0. The molecule has 0 bridgehead atoms. The molecule has 0 aliphatic heterocycles. The average molecular weight is 410 g/mol. The van der Waals surface area contributed by atoms with Crippen molar-refractivity contribution in [1.82, 2.24) is 0 Å². The van der Waals surface area contributed by atoms with Crippen molar-refractivity contribution < 1.29 is 51.4 Å². The van der Waals surface area contributed by atoms with Gasteiger partial charge < -0.3 is 5.32 Å². The van der Waals surface area contributed by atoms with Gasteiger partial charge in [-0.25, -0.2) is 0 Å². The maximum atomic E-state index is 5.21. The molecule has 136 valence electrons. The van der Waals surface area contributed by atoms with E-state index in [2.05, 4.69) is 92.7 Å². The molecule has 1 nitrogen and oxygen atoms in total. The van der Waals surface area contributed by atoms with Crippen LogP contribution in [0.15, 0.2) is 89.9 Å². The summed E-state index contributed by atoms with van der Waals surface area (Å²) >= 11 is 0. The van der Waals surface area contributed by atoms with Crippen LogP contribution in [0.2, 0.25) is 0 Å². The van der Waals surface area contributed by atoms with Crippen molar-refractivity contribution in [3.8, 4) is 0 Å². The van der Waals surface area contributed by atoms with E-state index in [1.807, 2.05) is 0 Å². The van der Waals surface area contributed by atoms with Gasteiger partial charge in [-0.2, -0.15) is 5.70 Å². The van der Waals surface area contributed by atoms with Crippen LogP contribution in [0.5, 0.6) is 0 Å². The first kappa shape index (κ1) is 22.0. The minimum absolute atomic E-state index is 0. The molecule has 4 rings (SSSR count). The molecule has 1 aliphatic carbocycles. The van der Waals surface area contributed by atoms with Crippen LogP contribution in [0.4, 0.5) is 5.69 Å². The molecule has 0 saturated carbocycles. The van der Waals surface area contributed by atoms with E-state index in [1.54, 1.807) is 5.31 Å². The Morgan fingerprint density at radius 1 is 0.679 bits per heavy atom. The Hall–Kier alpha value is -0.734. The number of hydrogen-bond acceptors (Lipinski definition) is 0. The molecule has 0 N–H and O–H groups in total. The van der Waals surface area contributed by atoms with E-state index in [1.165, 1.54) is 33.9 Å². The maximum Gasteiger partial charge on any atom is 1.00 e. The largest absolute Gasteiger partial charge is 1.00 e. The molecule has 0 heterocycles. The monoisotopic (exact) mass is 409 g/mol. The third kappa shape index (κ3) is 4.87. The summed E-state index contributed by atoms with van der Waals surface area (Å²) in [5.41, 5.74) is 4.99. The molecule has 1 aliphatic rings. The molecule has 0 radical (unpaired) electrons. The van der Waals surface area contributed by atoms with Gasteiger partial charge in [0.25, 0.3) is 0 Å². The Kier molecular flexibility index (Phi) is 8.11. The minimum atomic E-state index is -0.521. The Labute approximate surface area is 212 Å². The Bertz CT molecular complexity index is 891. The predicted octanol–water partition coefficient (Wildman–Crippen LogP) is 3.84. The van der Waals surface area contributed by atoms with Crippen LogP contribution in [-0.2, 0) is 0 Å². The smallest absolute Gasteiger partial charge is 0.661 e. The molecule has 0 aromatic heterocycles. The summed E-state index contributed by atoms with van der Waals surface area (Å²) in [6.45, 7) is 4.33. The Morgan fingerprint density at radius 2 is 1.21 bits per heavy atom. The second-order valence-electron chi connectivity index (χ2n) is 7.11. The summed E-state index contributed by atoms with van der Waals surface area (Å²) in [5.74, 6) is 0. The van der Waals surface area contributed by atoms with Crippen molar-refractivity contribution in [3.63, 3.8) is 0 Å². The van der Waals surface area contributed by atoms with Crippen molar-refractivity contribution >= 4 is 24.2 Å². The van der Waals surface area contributed by atoms with Crippen molar-refractivity contribution in [2.24, 2.45) is 0 Å². The van der Waals surface area contributed by atoms with E-state index in [-0.39, 0.29) is 51.4 Å². The van der Waals surface area contributed by atoms with Crippen molar-refractivity contribution in [1.29, 1.82) is 0 Å². The number of aryl methyl sites for hydroxylation is 2. The summed E-state index contributed by atoms with van der Waals surface area (Å²) in [5, 5.41) is 9.59. The SMILES string of the molecule is Cc1cccc(C)c1[N-]C1=C(P(c2ccccc2)c2ccccc2)CCC1.[K+]. The van der Waals surface area contributed by atoms with E-state index in [4.69, 9.17) is 5.32 Å². The van der Waals surface area contributed by atoms with Gasteiger partial charge in [0.1, 0.15) is 0 Å². The molecular formula is C25H25KNP. The zero-order chi connectivity index (χ0) is 18.6. The van der Waals surface area contributed by atoms with E-state index in [0.717, 1.165) is 18.5 Å². The van der Waals surface area contributed by atoms with Crippen molar-refractivity contribution in [2.75, 3.05) is 0 Å². The van der Waals surface area contributed by atoms with Gasteiger partial charge in [0, 0.05) is 0 Å². The number of nitrogens with zero attached hydrogens (tertiary/aromatic N) is 1. The first-order valence-corrected chi connectivity index (χ1v) is 11.0. The predicted molar refractivity (Wildman–Crippen MR) is 119 cm³/mol. The maximum absolute atomic E-state index is 5.21. The van der Waals surface area contributed by atoms with Gasteiger partial charge in [0.2, 0.25) is 0 Å². The molecule has 0 saturated heterocycles. The zero-order valence-corrected chi connectivity index (χ0v) is 21.0. The van der Waals surface area contributed by atoms with E-state index >= 15 is 0 Å². The van der Waals surface area contributed by atoms with Crippen LogP contribution in [0.25, 0.3) is 5.32 Å². The van der Waals surface area contributed by atoms with Gasteiger partial charge in [0.05, 0.1) is 0 Å². The minimum Gasteiger partial charge on any atom is -0.661 e. The normalized spacial score (nSPS) is 13.5. The van der Waals surface area contributed by atoms with E-state index in [9.17, 15) is 0 Å². The van der Waals surface area contributed by atoms with Gasteiger partial charge in [0.15, 0.2) is 0 Å². The molecule has 3 heteroatoms. The fraction of sp³-hybridized carbons (Fsp3) is 0.200. The molecule has 0 unspecified atom stereocenters. The Balaban J connectivity index is 0.00000225. The van der Waals surface area contributed by atoms with Crippen LogP contribution in [0.3, 0.4) is 0 Å². The van der Waals surface area contributed by atoms with Crippen LogP contribution >= 0.6 is 7.92 Å². The average Bonchev–Trinajstić information content (AvgIpc) is 3.15. The molecule has 3 aromatic carbocycles. The quantitative estimate of drug-likeness (QED) is 0.449. The van der Waals surface area contributed by atoms with Crippen molar-refractivity contribution in [2.45, 2.75) is 33.1 Å². The zero-order valence-electron chi connectivity index (χ0n) is 17.0. The van der Waals surface area contributed by atoms with Crippen molar-refractivity contribution in [3.05, 3.63) is 106 Å². The van der Waals surface area contributed by atoms with Gasteiger partial charge >= 0.3 is 51.4 Å². The molecule has 0 amide bonds. The number of hydrogen-bond donors (Lipinski definition) is 0. The van der Waals surface area contributed by atoms with E-state index < -0.39 is 7.92 Å². The third-order valence-corrected chi connectivity index (χ3v) is 7.80. The third-order valence-electron chi connectivity index (χ3n) is 5.15. The second-order valence-corrected chi connectivity index (χ2v) is 9.35. The van der Waals surface area contributed by atoms with Gasteiger partial charge in [-0.05, 0) is 51.6 Å². The van der Waals surface area contributed by atoms with Crippen LogP contribution in [0, 0.1) is 13.8 Å². The molecule has 3 aromatic rings. The summed E-state index contributed by atoms with van der Waals surface area (Å²) < 4.78 is 0. The number of rotatable bonds is 5. The Morgan fingerprint density at radius 3 is 1.75 bits per heavy atom. The molecule has 0 atom stereocenters. The molecular weight excluding hydrogens is 384 g/mol. The number of allylic oxidation sites excluding steroid dienone is 2. The first-order valence-electron chi connectivity index (χ1n) is 9.64. The van der Waals surface area contributed by atoms with Crippen LogP contribution in [0.1, 0.15) is 30.4 Å². The van der Waals surface area contributed by atoms with Crippen LogP contribution in [-0.4, -0.2) is 0 Å². The van der Waals surface area contributed by atoms with Gasteiger partial charge in [-0.15, -0.1) is 5.69 Å². The molecule has 0 spiro atoms. The second kappa shape index (κ2) is 10.3. The summed E-state index contributed by atoms with van der Waals surface area (Å²) in [6.07, 6.45) is 3.44.